The highest BCUT2D eigenvalue weighted by Crippen LogP contribution is 2.07. The van der Waals surface area contributed by atoms with Gasteiger partial charge in [-0.15, -0.1) is 0 Å². The van der Waals surface area contributed by atoms with E-state index in [2.05, 4.69) is 10.6 Å². The van der Waals surface area contributed by atoms with Crippen LogP contribution in [0.15, 0.2) is 24.3 Å². The summed E-state index contributed by atoms with van der Waals surface area (Å²) in [5.74, 6) is -2.03. The first-order chi connectivity index (χ1) is 10.9. The molecule has 0 saturated carbocycles. The molecule has 0 aliphatic carbocycles. The van der Waals surface area contributed by atoms with Crippen molar-refractivity contribution in [3.05, 3.63) is 35.4 Å². The molecule has 1 heterocycles. The van der Waals surface area contributed by atoms with Gasteiger partial charge in [0, 0.05) is 18.7 Å². The number of piperazine rings is 1. The Morgan fingerprint density at radius 3 is 2.43 bits per heavy atom. The van der Waals surface area contributed by atoms with Gasteiger partial charge in [-0.3, -0.25) is 14.4 Å². The van der Waals surface area contributed by atoms with Gasteiger partial charge in [-0.1, -0.05) is 0 Å². The first-order valence-electron chi connectivity index (χ1n) is 7.12. The lowest BCUT2D eigenvalue weighted by atomic mass is 10.1. The molecule has 8 nitrogen and oxygen atoms in total. The third-order valence-corrected chi connectivity index (χ3v) is 3.60. The highest BCUT2D eigenvalue weighted by molar-refractivity contribution is 5.98. The second kappa shape index (κ2) is 6.91. The van der Waals surface area contributed by atoms with Gasteiger partial charge < -0.3 is 20.6 Å². The summed E-state index contributed by atoms with van der Waals surface area (Å²) >= 11 is 0. The molecule has 1 aliphatic heterocycles. The van der Waals surface area contributed by atoms with Crippen molar-refractivity contribution in [3.63, 3.8) is 0 Å². The van der Waals surface area contributed by atoms with E-state index < -0.39 is 17.9 Å². The van der Waals surface area contributed by atoms with E-state index in [1.54, 1.807) is 6.92 Å². The second-order valence-electron chi connectivity index (χ2n) is 5.01. The van der Waals surface area contributed by atoms with E-state index in [4.69, 9.17) is 5.11 Å². The monoisotopic (exact) mass is 319 g/mol. The molecule has 3 amide bonds. The molecule has 1 fully saturated rings. The van der Waals surface area contributed by atoms with E-state index in [1.165, 1.54) is 29.2 Å². The number of carboxylic acids is 1. The molecule has 1 saturated heterocycles. The number of rotatable bonds is 5. The minimum absolute atomic E-state index is 0.00900. The lowest BCUT2D eigenvalue weighted by Gasteiger charge is -2.34. The van der Waals surface area contributed by atoms with Crippen molar-refractivity contribution in [1.29, 1.82) is 0 Å². The molecule has 0 bridgehead atoms. The summed E-state index contributed by atoms with van der Waals surface area (Å²) in [6, 6.07) is 4.69. The largest absolute Gasteiger partial charge is 0.478 e. The number of hydrogen-bond acceptors (Lipinski definition) is 4. The van der Waals surface area contributed by atoms with Crippen LogP contribution in [-0.2, 0) is 9.59 Å². The highest BCUT2D eigenvalue weighted by atomic mass is 16.4. The molecule has 1 aliphatic rings. The molecule has 0 spiro atoms. The zero-order chi connectivity index (χ0) is 17.0. The van der Waals surface area contributed by atoms with Crippen molar-refractivity contribution in [1.82, 2.24) is 15.5 Å². The molecule has 2 rings (SSSR count). The number of amides is 3. The molecule has 23 heavy (non-hydrogen) atoms. The lowest BCUT2D eigenvalue weighted by molar-refractivity contribution is -0.145. The second-order valence-corrected chi connectivity index (χ2v) is 5.01. The minimum atomic E-state index is -1.08. The number of carbonyl (C=O) groups is 4. The first kappa shape index (κ1) is 16.5. The van der Waals surface area contributed by atoms with Crippen LogP contribution in [-0.4, -0.2) is 59.4 Å². The van der Waals surface area contributed by atoms with Gasteiger partial charge in [-0.05, 0) is 31.2 Å². The normalized spacial score (nSPS) is 17.6. The van der Waals surface area contributed by atoms with Crippen LogP contribution in [0.1, 0.15) is 27.6 Å². The maximum absolute atomic E-state index is 12.1. The van der Waals surface area contributed by atoms with Crippen LogP contribution in [0.2, 0.25) is 0 Å². The zero-order valence-corrected chi connectivity index (χ0v) is 12.5. The van der Waals surface area contributed by atoms with E-state index >= 15 is 0 Å². The van der Waals surface area contributed by atoms with Crippen molar-refractivity contribution >= 4 is 23.7 Å². The number of nitrogens with one attached hydrogen (secondary N) is 2. The Bertz CT molecular complexity index is 641. The molecule has 1 aromatic rings. The van der Waals surface area contributed by atoms with E-state index in [1.807, 2.05) is 0 Å². The molecular weight excluding hydrogens is 302 g/mol. The third-order valence-electron chi connectivity index (χ3n) is 3.60. The predicted molar refractivity (Wildman–Crippen MR) is 79.9 cm³/mol. The average molecular weight is 319 g/mol. The minimum Gasteiger partial charge on any atom is -0.478 e. The number of hydrogen-bond donors (Lipinski definition) is 3. The summed E-state index contributed by atoms with van der Waals surface area (Å²) in [5.41, 5.74) is 0.358. The van der Waals surface area contributed by atoms with Crippen LogP contribution in [0, 0.1) is 0 Å². The van der Waals surface area contributed by atoms with Crippen LogP contribution in [0.3, 0.4) is 0 Å². The van der Waals surface area contributed by atoms with Crippen molar-refractivity contribution in [2.75, 3.05) is 19.6 Å². The number of carboxylic acid groups (broad SMARTS) is 1. The fourth-order valence-corrected chi connectivity index (χ4v) is 2.35. The van der Waals surface area contributed by atoms with Crippen LogP contribution >= 0.6 is 0 Å². The van der Waals surface area contributed by atoms with Crippen LogP contribution < -0.4 is 10.6 Å². The maximum Gasteiger partial charge on any atom is 0.335 e. The Morgan fingerprint density at radius 2 is 1.87 bits per heavy atom. The highest BCUT2D eigenvalue weighted by Gasteiger charge is 2.33. The van der Waals surface area contributed by atoms with E-state index in [0.29, 0.717) is 6.54 Å². The average Bonchev–Trinajstić information content (AvgIpc) is 2.55. The van der Waals surface area contributed by atoms with Crippen molar-refractivity contribution in [2.24, 2.45) is 0 Å². The van der Waals surface area contributed by atoms with Gasteiger partial charge in [0.05, 0.1) is 12.1 Å². The molecular formula is C15H17N3O5. The molecule has 1 atom stereocenters. The number of nitrogens with zero attached hydrogens (tertiary/aromatic N) is 1. The summed E-state index contributed by atoms with van der Waals surface area (Å²) in [7, 11) is 0. The Hall–Kier alpha value is -2.90. The number of benzene rings is 1. The van der Waals surface area contributed by atoms with Crippen molar-refractivity contribution in [3.8, 4) is 0 Å². The van der Waals surface area contributed by atoms with Crippen LogP contribution in [0.25, 0.3) is 0 Å². The lowest BCUT2D eigenvalue weighted by Crippen LogP contribution is -2.61. The molecule has 3 N–H and O–H groups in total. The molecule has 0 radical (unpaired) electrons. The molecule has 1 aromatic carbocycles. The first-order valence-corrected chi connectivity index (χ1v) is 7.12. The van der Waals surface area contributed by atoms with Gasteiger partial charge in [0.2, 0.25) is 11.8 Å². The quantitative estimate of drug-likeness (QED) is 0.674. The fraction of sp³-hybridized carbons (Fsp3) is 0.333. The summed E-state index contributed by atoms with van der Waals surface area (Å²) < 4.78 is 0. The molecule has 8 heteroatoms. The van der Waals surface area contributed by atoms with Crippen LogP contribution in [0.5, 0.6) is 0 Å². The SMILES string of the molecule is CCN1C(=O)CNC(=O)[C@@H]1CNC(=O)c1ccc(C(=O)O)cc1. The van der Waals surface area contributed by atoms with E-state index in [-0.39, 0.29) is 36.0 Å². The van der Waals surface area contributed by atoms with Crippen LogP contribution in [0.4, 0.5) is 0 Å². The van der Waals surface area contributed by atoms with Crippen molar-refractivity contribution < 1.29 is 24.3 Å². The van der Waals surface area contributed by atoms with Gasteiger partial charge in [-0.25, -0.2) is 4.79 Å². The Balaban J connectivity index is 2.01. The molecule has 0 unspecified atom stereocenters. The summed E-state index contributed by atoms with van der Waals surface area (Å²) in [4.78, 5) is 47.8. The maximum atomic E-state index is 12.1. The Morgan fingerprint density at radius 1 is 1.26 bits per heavy atom. The molecule has 0 aromatic heterocycles. The van der Waals surface area contributed by atoms with E-state index in [9.17, 15) is 19.2 Å². The predicted octanol–water partition coefficient (Wildman–Crippen LogP) is -0.538. The third kappa shape index (κ3) is 3.65. The smallest absolute Gasteiger partial charge is 0.335 e. The van der Waals surface area contributed by atoms with E-state index in [0.717, 1.165) is 0 Å². The Labute approximate surface area is 132 Å². The summed E-state index contributed by atoms with van der Waals surface area (Å²) in [5, 5.41) is 13.9. The van der Waals surface area contributed by atoms with Gasteiger partial charge >= 0.3 is 5.97 Å². The van der Waals surface area contributed by atoms with Gasteiger partial charge in [-0.2, -0.15) is 0 Å². The number of aromatic carboxylic acids is 1. The number of carbonyl (C=O) groups excluding carboxylic acids is 3. The Kier molecular flexibility index (Phi) is 4.95. The van der Waals surface area contributed by atoms with Crippen molar-refractivity contribution in [2.45, 2.75) is 13.0 Å². The summed E-state index contributed by atoms with van der Waals surface area (Å²) in [6.07, 6.45) is 0. The summed E-state index contributed by atoms with van der Waals surface area (Å²) in [6.45, 7) is 2.09. The molecule has 122 valence electrons. The number of likely N-dealkylation sites (N-methyl/N-ethyl adjacent to an activating group) is 1. The van der Waals surface area contributed by atoms with Gasteiger partial charge in [0.1, 0.15) is 6.04 Å². The fourth-order valence-electron chi connectivity index (χ4n) is 2.35. The van der Waals surface area contributed by atoms with Gasteiger partial charge in [0.25, 0.3) is 5.91 Å². The topological polar surface area (TPSA) is 116 Å². The van der Waals surface area contributed by atoms with Gasteiger partial charge in [0.15, 0.2) is 0 Å². The standard InChI is InChI=1S/C15H17N3O5/c1-2-18-11(14(21)17-8-12(18)19)7-16-13(20)9-3-5-10(6-4-9)15(22)23/h3-6,11H,2,7-8H2,1H3,(H,16,20)(H,17,21)(H,22,23)/t11-/m0/s1. The zero-order valence-electron chi connectivity index (χ0n) is 12.5.